The largest absolute Gasteiger partial charge is 0.336 e. The van der Waals surface area contributed by atoms with Gasteiger partial charge in [0, 0.05) is 44.0 Å². The molecule has 0 atom stereocenters. The molecule has 25 heavy (non-hydrogen) atoms. The van der Waals surface area contributed by atoms with E-state index in [1.165, 1.54) is 16.8 Å². The van der Waals surface area contributed by atoms with E-state index >= 15 is 0 Å². The lowest BCUT2D eigenvalue weighted by atomic mass is 10.1. The van der Waals surface area contributed by atoms with E-state index in [0.29, 0.717) is 0 Å². The van der Waals surface area contributed by atoms with Crippen LogP contribution in [0.1, 0.15) is 32.9 Å². The maximum absolute atomic E-state index is 12.7. The van der Waals surface area contributed by atoms with Gasteiger partial charge in [-0.25, -0.2) is 0 Å². The van der Waals surface area contributed by atoms with E-state index in [4.69, 9.17) is 0 Å². The maximum Gasteiger partial charge on any atom is 0.253 e. The van der Waals surface area contributed by atoms with Crippen LogP contribution in [-0.2, 0) is 6.54 Å². The molecule has 0 N–H and O–H groups in total. The Labute approximate surface area is 150 Å². The first kappa shape index (κ1) is 17.7. The van der Waals surface area contributed by atoms with E-state index in [-0.39, 0.29) is 5.91 Å². The molecular formula is C20H28N4O. The SMILES string of the molecule is Cc1cc(C)n(CCN2CCN(C(=O)c3ccc(C)c(C)c3)CC2)n1. The number of aromatic nitrogens is 2. The van der Waals surface area contributed by atoms with E-state index in [1.807, 2.05) is 30.0 Å². The molecule has 1 fully saturated rings. The quantitative estimate of drug-likeness (QED) is 0.859. The third-order valence-corrected chi connectivity index (χ3v) is 5.14. The number of nitrogens with zero attached hydrogens (tertiary/aromatic N) is 4. The number of hydrogen-bond acceptors (Lipinski definition) is 3. The van der Waals surface area contributed by atoms with Crippen LogP contribution in [0.5, 0.6) is 0 Å². The van der Waals surface area contributed by atoms with Gasteiger partial charge in [-0.1, -0.05) is 6.07 Å². The molecule has 1 aromatic heterocycles. The molecule has 0 radical (unpaired) electrons. The summed E-state index contributed by atoms with van der Waals surface area (Å²) in [6.45, 7) is 13.6. The fourth-order valence-electron chi connectivity index (χ4n) is 3.37. The molecule has 5 nitrogen and oxygen atoms in total. The van der Waals surface area contributed by atoms with Crippen molar-refractivity contribution in [2.24, 2.45) is 0 Å². The summed E-state index contributed by atoms with van der Waals surface area (Å²) in [6.07, 6.45) is 0. The van der Waals surface area contributed by atoms with Crippen LogP contribution in [0.2, 0.25) is 0 Å². The topological polar surface area (TPSA) is 41.4 Å². The zero-order valence-electron chi connectivity index (χ0n) is 15.7. The third-order valence-electron chi connectivity index (χ3n) is 5.14. The minimum absolute atomic E-state index is 0.154. The fraction of sp³-hybridized carbons (Fsp3) is 0.500. The molecule has 0 aliphatic carbocycles. The van der Waals surface area contributed by atoms with E-state index in [2.05, 4.69) is 41.5 Å². The van der Waals surface area contributed by atoms with Gasteiger partial charge < -0.3 is 4.90 Å². The number of carbonyl (C=O) groups is 1. The number of amides is 1. The Balaban J connectivity index is 1.52. The van der Waals surface area contributed by atoms with Crippen molar-refractivity contribution in [3.8, 4) is 0 Å². The van der Waals surface area contributed by atoms with Crippen LogP contribution in [0.3, 0.4) is 0 Å². The lowest BCUT2D eigenvalue weighted by Crippen LogP contribution is -2.49. The second-order valence-electron chi connectivity index (χ2n) is 7.08. The second kappa shape index (κ2) is 7.40. The van der Waals surface area contributed by atoms with Crippen molar-refractivity contribution in [2.45, 2.75) is 34.2 Å². The predicted octanol–water partition coefficient (Wildman–Crippen LogP) is 2.57. The summed E-state index contributed by atoms with van der Waals surface area (Å²) in [5.41, 5.74) is 5.49. The molecule has 0 unspecified atom stereocenters. The van der Waals surface area contributed by atoms with Crippen molar-refractivity contribution in [1.82, 2.24) is 19.6 Å². The Bertz CT molecular complexity index is 757. The molecule has 5 heteroatoms. The zero-order chi connectivity index (χ0) is 18.0. The molecule has 3 rings (SSSR count). The summed E-state index contributed by atoms with van der Waals surface area (Å²) in [5, 5.41) is 4.52. The van der Waals surface area contributed by atoms with Gasteiger partial charge in [-0.2, -0.15) is 5.10 Å². The molecule has 0 spiro atoms. The summed E-state index contributed by atoms with van der Waals surface area (Å²) in [7, 11) is 0. The Kier molecular flexibility index (Phi) is 5.23. The highest BCUT2D eigenvalue weighted by atomic mass is 16.2. The van der Waals surface area contributed by atoms with E-state index in [9.17, 15) is 4.79 Å². The van der Waals surface area contributed by atoms with Gasteiger partial charge in [-0.3, -0.25) is 14.4 Å². The Morgan fingerprint density at radius 3 is 2.28 bits per heavy atom. The summed E-state index contributed by atoms with van der Waals surface area (Å²) in [6, 6.07) is 8.10. The van der Waals surface area contributed by atoms with Crippen molar-refractivity contribution < 1.29 is 4.79 Å². The van der Waals surface area contributed by atoms with Crippen LogP contribution in [0.25, 0.3) is 0 Å². The Morgan fingerprint density at radius 2 is 1.68 bits per heavy atom. The molecule has 2 heterocycles. The van der Waals surface area contributed by atoms with E-state index in [0.717, 1.165) is 50.5 Å². The van der Waals surface area contributed by atoms with Gasteiger partial charge >= 0.3 is 0 Å². The first-order valence-electron chi connectivity index (χ1n) is 9.04. The number of benzene rings is 1. The van der Waals surface area contributed by atoms with Crippen molar-refractivity contribution in [3.05, 3.63) is 52.3 Å². The van der Waals surface area contributed by atoms with Crippen molar-refractivity contribution >= 4 is 5.91 Å². The smallest absolute Gasteiger partial charge is 0.253 e. The summed E-state index contributed by atoms with van der Waals surface area (Å²) in [4.78, 5) is 17.1. The zero-order valence-corrected chi connectivity index (χ0v) is 15.7. The van der Waals surface area contributed by atoms with Crippen LogP contribution in [0.4, 0.5) is 0 Å². The van der Waals surface area contributed by atoms with E-state index in [1.54, 1.807) is 0 Å². The molecular weight excluding hydrogens is 312 g/mol. The van der Waals surface area contributed by atoms with Gasteiger partial charge in [-0.05, 0) is 57.0 Å². The van der Waals surface area contributed by atoms with Gasteiger partial charge in [0.1, 0.15) is 0 Å². The minimum Gasteiger partial charge on any atom is -0.336 e. The Hall–Kier alpha value is -2.14. The number of carbonyl (C=O) groups excluding carboxylic acids is 1. The summed E-state index contributed by atoms with van der Waals surface area (Å²) in [5.74, 6) is 0.154. The average molecular weight is 340 g/mol. The van der Waals surface area contributed by atoms with Gasteiger partial charge in [0.15, 0.2) is 0 Å². The van der Waals surface area contributed by atoms with Gasteiger partial charge in [0.05, 0.1) is 12.2 Å². The highest BCUT2D eigenvalue weighted by Crippen LogP contribution is 2.14. The lowest BCUT2D eigenvalue weighted by molar-refractivity contribution is 0.0631. The highest BCUT2D eigenvalue weighted by Gasteiger charge is 2.22. The van der Waals surface area contributed by atoms with Crippen LogP contribution < -0.4 is 0 Å². The molecule has 1 aliphatic rings. The minimum atomic E-state index is 0.154. The maximum atomic E-state index is 12.7. The monoisotopic (exact) mass is 340 g/mol. The standard InChI is InChI=1S/C20H28N4O/c1-15-5-6-19(13-16(15)2)20(25)23-10-7-22(8-11-23)9-12-24-18(4)14-17(3)21-24/h5-6,13-14H,7-12H2,1-4H3. The third kappa shape index (κ3) is 4.10. The van der Waals surface area contributed by atoms with Crippen molar-refractivity contribution in [1.29, 1.82) is 0 Å². The number of piperazine rings is 1. The molecule has 0 saturated carbocycles. The predicted molar refractivity (Wildman–Crippen MR) is 100.0 cm³/mol. The number of rotatable bonds is 4. The first-order chi connectivity index (χ1) is 11.9. The highest BCUT2D eigenvalue weighted by molar-refractivity contribution is 5.94. The fourth-order valence-corrected chi connectivity index (χ4v) is 3.37. The van der Waals surface area contributed by atoms with Gasteiger partial charge in [-0.15, -0.1) is 0 Å². The molecule has 1 amide bonds. The molecule has 134 valence electrons. The normalized spacial score (nSPS) is 15.6. The van der Waals surface area contributed by atoms with Crippen LogP contribution in [-0.4, -0.2) is 58.2 Å². The van der Waals surface area contributed by atoms with E-state index < -0.39 is 0 Å². The summed E-state index contributed by atoms with van der Waals surface area (Å²) < 4.78 is 2.07. The van der Waals surface area contributed by atoms with Crippen LogP contribution in [0, 0.1) is 27.7 Å². The first-order valence-corrected chi connectivity index (χ1v) is 9.04. The lowest BCUT2D eigenvalue weighted by Gasteiger charge is -2.34. The number of aryl methyl sites for hydroxylation is 4. The summed E-state index contributed by atoms with van der Waals surface area (Å²) >= 11 is 0. The van der Waals surface area contributed by atoms with Gasteiger partial charge in [0.2, 0.25) is 0 Å². The average Bonchev–Trinajstić information content (AvgIpc) is 2.93. The van der Waals surface area contributed by atoms with Crippen molar-refractivity contribution in [2.75, 3.05) is 32.7 Å². The molecule has 1 saturated heterocycles. The molecule has 1 aromatic carbocycles. The van der Waals surface area contributed by atoms with Crippen LogP contribution in [0.15, 0.2) is 24.3 Å². The molecule has 2 aromatic rings. The second-order valence-corrected chi connectivity index (χ2v) is 7.08. The molecule has 1 aliphatic heterocycles. The van der Waals surface area contributed by atoms with Crippen LogP contribution >= 0.6 is 0 Å². The molecule has 0 bridgehead atoms. The number of hydrogen-bond donors (Lipinski definition) is 0. The Morgan fingerprint density at radius 1 is 0.960 bits per heavy atom. The van der Waals surface area contributed by atoms with Crippen molar-refractivity contribution in [3.63, 3.8) is 0 Å². The van der Waals surface area contributed by atoms with Gasteiger partial charge in [0.25, 0.3) is 5.91 Å².